The highest BCUT2D eigenvalue weighted by Gasteiger charge is 2.43. The summed E-state index contributed by atoms with van der Waals surface area (Å²) in [6, 6.07) is 10.3. The van der Waals surface area contributed by atoms with Crippen LogP contribution in [0.5, 0.6) is 11.5 Å². The zero-order valence-corrected chi connectivity index (χ0v) is 23.2. The number of benzene rings is 2. The number of methoxy groups -OCH3 is 1. The molecule has 39 heavy (non-hydrogen) atoms. The van der Waals surface area contributed by atoms with E-state index >= 15 is 0 Å². The molecule has 0 saturated carbocycles. The van der Waals surface area contributed by atoms with Crippen LogP contribution in [-0.2, 0) is 24.1 Å². The number of ether oxygens (including phenoxy) is 3. The predicted octanol–water partition coefficient (Wildman–Crippen LogP) is 6.38. The molecule has 1 fully saturated rings. The highest BCUT2D eigenvalue weighted by Crippen LogP contribution is 2.50. The second kappa shape index (κ2) is 9.76. The molecule has 1 saturated heterocycles. The largest absolute Gasteiger partial charge is 0.465 e. The maximum atomic E-state index is 14.9. The molecule has 1 atom stereocenters. The van der Waals surface area contributed by atoms with E-state index in [4.69, 9.17) is 21.1 Å². The Kier molecular flexibility index (Phi) is 6.52. The van der Waals surface area contributed by atoms with Gasteiger partial charge in [0.25, 0.3) is 5.79 Å². The number of hydrogen-bond acceptors (Lipinski definition) is 7. The summed E-state index contributed by atoms with van der Waals surface area (Å²) in [5, 5.41) is 0.310. The van der Waals surface area contributed by atoms with E-state index in [2.05, 4.69) is 14.6 Å². The molecular formula is C28H26ClF2N3O4S. The summed E-state index contributed by atoms with van der Waals surface area (Å²) < 4.78 is 48.4. The summed E-state index contributed by atoms with van der Waals surface area (Å²) in [5.74, 6) is -0.843. The molecule has 0 spiro atoms. The molecule has 4 heterocycles. The van der Waals surface area contributed by atoms with Crippen molar-refractivity contribution in [2.45, 2.75) is 38.0 Å². The minimum atomic E-state index is -1.29. The van der Waals surface area contributed by atoms with Gasteiger partial charge in [-0.25, -0.2) is 18.6 Å². The van der Waals surface area contributed by atoms with Crippen molar-refractivity contribution >= 4 is 39.3 Å². The summed E-state index contributed by atoms with van der Waals surface area (Å²) in [7, 11) is 3.00. The molecule has 6 rings (SSSR count). The van der Waals surface area contributed by atoms with Gasteiger partial charge in [-0.3, -0.25) is 4.90 Å². The summed E-state index contributed by atoms with van der Waals surface area (Å²) in [5.41, 5.74) is 1.65. The van der Waals surface area contributed by atoms with E-state index in [-0.39, 0.29) is 16.4 Å². The van der Waals surface area contributed by atoms with E-state index in [1.807, 2.05) is 18.2 Å². The van der Waals surface area contributed by atoms with Crippen LogP contribution in [0.2, 0.25) is 5.02 Å². The lowest BCUT2D eigenvalue weighted by molar-refractivity contribution is -0.0712. The smallest absolute Gasteiger partial charge is 0.351 e. The Morgan fingerprint density at radius 2 is 2.00 bits per heavy atom. The summed E-state index contributed by atoms with van der Waals surface area (Å²) >= 11 is 6.94. The first-order chi connectivity index (χ1) is 18.7. The first-order valence-corrected chi connectivity index (χ1v) is 13.8. The van der Waals surface area contributed by atoms with Crippen molar-refractivity contribution < 1.29 is 27.8 Å². The number of carbonyl (C=O) groups excluding carboxylic acids is 1. The second-order valence-electron chi connectivity index (χ2n) is 9.98. The van der Waals surface area contributed by atoms with Crippen molar-refractivity contribution in [3.63, 3.8) is 0 Å². The van der Waals surface area contributed by atoms with Crippen molar-refractivity contribution in [1.82, 2.24) is 14.5 Å². The highest BCUT2D eigenvalue weighted by atomic mass is 35.5. The number of carbonyl (C=O) groups is 1. The van der Waals surface area contributed by atoms with Gasteiger partial charge in [0.2, 0.25) is 0 Å². The quantitative estimate of drug-likeness (QED) is 0.258. The van der Waals surface area contributed by atoms with Crippen LogP contribution in [0.15, 0.2) is 36.4 Å². The molecule has 0 unspecified atom stereocenters. The third-order valence-corrected chi connectivity index (χ3v) is 8.82. The minimum absolute atomic E-state index is 0.0607. The number of aryl methyl sites for hydroxylation is 1. The third-order valence-electron chi connectivity index (χ3n) is 7.56. The van der Waals surface area contributed by atoms with Crippen LogP contribution in [0.3, 0.4) is 0 Å². The van der Waals surface area contributed by atoms with E-state index in [1.165, 1.54) is 13.2 Å². The van der Waals surface area contributed by atoms with Gasteiger partial charge in [-0.2, -0.15) is 0 Å². The normalized spacial score (nSPS) is 19.6. The number of likely N-dealkylation sites (tertiary alicyclic amines) is 1. The lowest BCUT2D eigenvalue weighted by atomic mass is 9.88. The Morgan fingerprint density at radius 1 is 1.23 bits per heavy atom. The lowest BCUT2D eigenvalue weighted by Crippen LogP contribution is -2.34. The molecule has 204 valence electrons. The van der Waals surface area contributed by atoms with Gasteiger partial charge in [-0.1, -0.05) is 23.7 Å². The monoisotopic (exact) mass is 573 g/mol. The number of hydrogen-bond donors (Lipinski definition) is 0. The van der Waals surface area contributed by atoms with Crippen molar-refractivity contribution in [3.05, 3.63) is 74.9 Å². The van der Waals surface area contributed by atoms with E-state index in [0.717, 1.165) is 48.7 Å². The van der Waals surface area contributed by atoms with Gasteiger partial charge in [-0.15, -0.1) is 11.3 Å². The van der Waals surface area contributed by atoms with Gasteiger partial charge in [0.15, 0.2) is 22.2 Å². The van der Waals surface area contributed by atoms with Crippen LogP contribution < -0.4 is 9.47 Å². The van der Waals surface area contributed by atoms with Crippen molar-refractivity contribution in [3.8, 4) is 11.5 Å². The van der Waals surface area contributed by atoms with Gasteiger partial charge in [0.1, 0.15) is 22.0 Å². The van der Waals surface area contributed by atoms with Crippen LogP contribution in [0, 0.1) is 11.6 Å². The van der Waals surface area contributed by atoms with Crippen molar-refractivity contribution in [2.75, 3.05) is 20.2 Å². The molecule has 2 aromatic heterocycles. The Bertz CT molecular complexity index is 1600. The van der Waals surface area contributed by atoms with Gasteiger partial charge >= 0.3 is 5.97 Å². The number of rotatable bonds is 5. The van der Waals surface area contributed by atoms with Crippen molar-refractivity contribution in [1.29, 1.82) is 0 Å². The Balaban J connectivity index is 1.16. The van der Waals surface area contributed by atoms with Crippen LogP contribution in [-0.4, -0.2) is 40.6 Å². The summed E-state index contributed by atoms with van der Waals surface area (Å²) in [4.78, 5) is 19.1. The van der Waals surface area contributed by atoms with Crippen LogP contribution in [0.1, 0.15) is 52.3 Å². The number of halogens is 3. The molecule has 2 aliphatic rings. The number of piperidine rings is 1. The number of esters is 1. The molecule has 11 heteroatoms. The molecule has 0 bridgehead atoms. The number of nitrogens with zero attached hydrogens (tertiary/aromatic N) is 3. The minimum Gasteiger partial charge on any atom is -0.465 e. The molecule has 7 nitrogen and oxygen atoms in total. The fourth-order valence-corrected chi connectivity index (χ4v) is 6.66. The molecule has 2 aliphatic heterocycles. The molecule has 0 aliphatic carbocycles. The van der Waals surface area contributed by atoms with Gasteiger partial charge < -0.3 is 18.8 Å². The zero-order valence-electron chi connectivity index (χ0n) is 21.6. The van der Waals surface area contributed by atoms with Gasteiger partial charge in [0.05, 0.1) is 19.2 Å². The SMILES string of the molecule is COC(=O)c1sc2nc(CN3CCC(c4cccc5c4O[C@](C)(c4ccc(Cl)cc4F)O5)CC3)n(C)c2c1F. The van der Waals surface area contributed by atoms with E-state index in [1.54, 1.807) is 30.7 Å². The average molecular weight is 574 g/mol. The molecule has 2 aromatic carbocycles. The summed E-state index contributed by atoms with van der Waals surface area (Å²) in [6.45, 7) is 3.90. The third kappa shape index (κ3) is 4.44. The summed E-state index contributed by atoms with van der Waals surface area (Å²) in [6.07, 6.45) is 1.76. The number of thiophene rings is 1. The van der Waals surface area contributed by atoms with Crippen molar-refractivity contribution in [2.24, 2.45) is 7.05 Å². The number of fused-ring (bicyclic) bond motifs is 2. The molecule has 4 aromatic rings. The molecular weight excluding hydrogens is 548 g/mol. The second-order valence-corrected chi connectivity index (χ2v) is 11.4. The maximum absolute atomic E-state index is 14.9. The fourth-order valence-electron chi connectivity index (χ4n) is 5.48. The standard InChI is InChI=1S/C28H26ClF2N3O4S/c1-28(18-8-7-16(29)13-19(18)30)37-20-6-4-5-17(24(20)38-28)15-9-11-34(12-10-15)14-21-32-26-23(33(21)2)22(31)25(39-26)27(35)36-3/h4-8,13,15H,9-12,14H2,1-3H3/t28-/m1/s1. The number of imidazole rings is 1. The maximum Gasteiger partial charge on any atom is 0.351 e. The molecule has 0 radical (unpaired) electrons. The highest BCUT2D eigenvalue weighted by molar-refractivity contribution is 7.20. The molecule has 0 N–H and O–H groups in total. The van der Waals surface area contributed by atoms with E-state index < -0.39 is 23.4 Å². The number of aromatic nitrogens is 2. The average Bonchev–Trinajstić information content (AvgIpc) is 3.54. The van der Waals surface area contributed by atoms with Gasteiger partial charge in [0, 0.05) is 24.6 Å². The van der Waals surface area contributed by atoms with Crippen LogP contribution >= 0.6 is 22.9 Å². The topological polar surface area (TPSA) is 65.8 Å². The van der Waals surface area contributed by atoms with E-state index in [9.17, 15) is 13.6 Å². The number of para-hydroxylation sites is 1. The zero-order chi connectivity index (χ0) is 27.5. The Hall–Kier alpha value is -3.21. The Morgan fingerprint density at radius 3 is 2.69 bits per heavy atom. The van der Waals surface area contributed by atoms with Gasteiger partial charge in [-0.05, 0) is 56.1 Å². The first-order valence-electron chi connectivity index (χ1n) is 12.6. The lowest BCUT2D eigenvalue weighted by Gasteiger charge is -2.32. The first kappa shape index (κ1) is 26.0. The van der Waals surface area contributed by atoms with Crippen LogP contribution in [0.25, 0.3) is 10.3 Å². The van der Waals surface area contributed by atoms with Crippen LogP contribution in [0.4, 0.5) is 8.78 Å². The van der Waals surface area contributed by atoms with E-state index in [0.29, 0.717) is 33.4 Å². The Labute approximate surface area is 232 Å². The predicted molar refractivity (Wildman–Crippen MR) is 144 cm³/mol. The molecule has 0 amide bonds. The fraction of sp³-hybridized carbons (Fsp3) is 0.357.